The number of nitrogens with one attached hydrogen (secondary N) is 1. The third-order valence-corrected chi connectivity index (χ3v) is 5.98. The van der Waals surface area contributed by atoms with Crippen molar-refractivity contribution in [1.82, 2.24) is 15.2 Å². The first kappa shape index (κ1) is 18.7. The van der Waals surface area contributed by atoms with E-state index in [4.69, 9.17) is 0 Å². The van der Waals surface area contributed by atoms with Crippen LogP contribution in [0, 0.1) is 12.8 Å². The fourth-order valence-electron chi connectivity index (χ4n) is 3.47. The maximum Gasteiger partial charge on any atom is 0.317 e. The molecule has 2 aromatic rings. The van der Waals surface area contributed by atoms with Crippen molar-refractivity contribution in [2.75, 3.05) is 38.1 Å². The molecule has 6 heteroatoms. The summed E-state index contributed by atoms with van der Waals surface area (Å²) in [7, 11) is 1.90. The highest BCUT2D eigenvalue weighted by Crippen LogP contribution is 2.23. The standard InChI is InChI=1S/C20H28N4OS/c1-16-19(26-15-22-16)9-6-11-21-20(25)23(2)13-17-10-12-24(14-17)18-7-4-3-5-8-18/h3-5,7-8,15,17H,6,9-14H2,1-2H3,(H,21,25)/t17-/m0/s1. The van der Waals surface area contributed by atoms with E-state index in [-0.39, 0.29) is 6.03 Å². The van der Waals surface area contributed by atoms with Gasteiger partial charge >= 0.3 is 6.03 Å². The molecule has 1 aliphatic heterocycles. The van der Waals surface area contributed by atoms with Crippen LogP contribution in [-0.2, 0) is 6.42 Å². The van der Waals surface area contributed by atoms with Gasteiger partial charge in [-0.1, -0.05) is 18.2 Å². The molecule has 1 aliphatic rings. The molecule has 1 fully saturated rings. The van der Waals surface area contributed by atoms with E-state index in [1.165, 1.54) is 10.6 Å². The largest absolute Gasteiger partial charge is 0.371 e. The van der Waals surface area contributed by atoms with Crippen LogP contribution in [0.3, 0.4) is 0 Å². The Morgan fingerprint density at radius 2 is 2.19 bits per heavy atom. The van der Waals surface area contributed by atoms with Gasteiger partial charge in [0.05, 0.1) is 11.2 Å². The Morgan fingerprint density at radius 3 is 2.92 bits per heavy atom. The monoisotopic (exact) mass is 372 g/mol. The van der Waals surface area contributed by atoms with Crippen molar-refractivity contribution in [3.8, 4) is 0 Å². The quantitative estimate of drug-likeness (QED) is 0.756. The molecule has 0 aliphatic carbocycles. The fraction of sp³-hybridized carbons (Fsp3) is 0.500. The highest BCUT2D eigenvalue weighted by Gasteiger charge is 2.24. The molecule has 0 bridgehead atoms. The van der Waals surface area contributed by atoms with Crippen LogP contribution in [0.25, 0.3) is 0 Å². The summed E-state index contributed by atoms with van der Waals surface area (Å²) in [5.74, 6) is 0.533. The Morgan fingerprint density at radius 1 is 1.38 bits per heavy atom. The summed E-state index contributed by atoms with van der Waals surface area (Å²) in [6, 6.07) is 10.6. The molecular weight excluding hydrogens is 344 g/mol. The van der Waals surface area contributed by atoms with E-state index in [0.717, 1.165) is 44.6 Å². The van der Waals surface area contributed by atoms with Crippen LogP contribution in [0.2, 0.25) is 0 Å². The number of para-hydroxylation sites is 1. The number of hydrogen-bond acceptors (Lipinski definition) is 4. The van der Waals surface area contributed by atoms with Crippen molar-refractivity contribution < 1.29 is 4.79 Å². The number of carbonyl (C=O) groups excluding carboxylic acids is 1. The van der Waals surface area contributed by atoms with Crippen LogP contribution < -0.4 is 10.2 Å². The number of amides is 2. The number of thiazole rings is 1. The molecule has 1 atom stereocenters. The molecular formula is C20H28N4OS. The molecule has 1 saturated heterocycles. The van der Waals surface area contributed by atoms with Crippen molar-refractivity contribution >= 4 is 23.1 Å². The zero-order valence-electron chi connectivity index (χ0n) is 15.6. The summed E-state index contributed by atoms with van der Waals surface area (Å²) in [5, 5.41) is 3.04. The van der Waals surface area contributed by atoms with E-state index >= 15 is 0 Å². The molecule has 26 heavy (non-hydrogen) atoms. The normalized spacial score (nSPS) is 16.7. The average molecular weight is 373 g/mol. The third kappa shape index (κ3) is 4.97. The van der Waals surface area contributed by atoms with Gasteiger partial charge in [0.15, 0.2) is 0 Å². The number of aromatic nitrogens is 1. The number of rotatable bonds is 7. The smallest absolute Gasteiger partial charge is 0.317 e. The molecule has 140 valence electrons. The highest BCUT2D eigenvalue weighted by atomic mass is 32.1. The highest BCUT2D eigenvalue weighted by molar-refractivity contribution is 7.09. The summed E-state index contributed by atoms with van der Waals surface area (Å²) in [6.45, 7) is 5.65. The van der Waals surface area contributed by atoms with E-state index < -0.39 is 0 Å². The van der Waals surface area contributed by atoms with Crippen LogP contribution in [-0.4, -0.2) is 49.1 Å². The lowest BCUT2D eigenvalue weighted by Crippen LogP contribution is -2.40. The van der Waals surface area contributed by atoms with Crippen molar-refractivity contribution in [2.45, 2.75) is 26.2 Å². The lowest BCUT2D eigenvalue weighted by molar-refractivity contribution is 0.202. The Bertz CT molecular complexity index is 703. The van der Waals surface area contributed by atoms with Gasteiger partial charge in [0.2, 0.25) is 0 Å². The second-order valence-electron chi connectivity index (χ2n) is 7.01. The number of benzene rings is 1. The van der Waals surface area contributed by atoms with Crippen LogP contribution in [0.1, 0.15) is 23.4 Å². The zero-order chi connectivity index (χ0) is 18.4. The first-order valence-electron chi connectivity index (χ1n) is 9.31. The summed E-state index contributed by atoms with van der Waals surface area (Å²) in [4.78, 5) is 22.1. The maximum absolute atomic E-state index is 12.3. The van der Waals surface area contributed by atoms with Crippen LogP contribution in [0.5, 0.6) is 0 Å². The minimum atomic E-state index is 0.0317. The lowest BCUT2D eigenvalue weighted by Gasteiger charge is -2.23. The SMILES string of the molecule is Cc1ncsc1CCCNC(=O)N(C)C[C@@H]1CCN(c2ccccc2)C1. The molecule has 1 aromatic carbocycles. The van der Waals surface area contributed by atoms with E-state index in [9.17, 15) is 4.79 Å². The summed E-state index contributed by atoms with van der Waals surface area (Å²) < 4.78 is 0. The van der Waals surface area contributed by atoms with Gasteiger partial charge in [-0.05, 0) is 44.2 Å². The minimum absolute atomic E-state index is 0.0317. The zero-order valence-corrected chi connectivity index (χ0v) is 16.5. The molecule has 0 saturated carbocycles. The number of anilines is 1. The Balaban J connectivity index is 1.36. The molecule has 2 heterocycles. The molecule has 5 nitrogen and oxygen atoms in total. The molecule has 0 radical (unpaired) electrons. The Kier molecular flexibility index (Phi) is 6.50. The Labute approximate surface area is 160 Å². The second-order valence-corrected chi connectivity index (χ2v) is 7.95. The average Bonchev–Trinajstić information content (AvgIpc) is 3.28. The van der Waals surface area contributed by atoms with Crippen molar-refractivity contribution in [1.29, 1.82) is 0 Å². The van der Waals surface area contributed by atoms with Gasteiger partial charge in [0.1, 0.15) is 0 Å². The predicted octanol–water partition coefficient (Wildman–Crippen LogP) is 3.55. The van der Waals surface area contributed by atoms with Crippen LogP contribution in [0.15, 0.2) is 35.8 Å². The first-order valence-corrected chi connectivity index (χ1v) is 10.2. The van der Waals surface area contributed by atoms with E-state index in [1.807, 2.05) is 30.4 Å². The van der Waals surface area contributed by atoms with E-state index in [1.54, 1.807) is 11.3 Å². The van der Waals surface area contributed by atoms with E-state index in [0.29, 0.717) is 12.5 Å². The van der Waals surface area contributed by atoms with Crippen LogP contribution in [0.4, 0.5) is 10.5 Å². The molecule has 1 N–H and O–H groups in total. The van der Waals surface area contributed by atoms with Gasteiger partial charge in [-0.2, -0.15) is 0 Å². The fourth-order valence-corrected chi connectivity index (χ4v) is 4.29. The summed E-state index contributed by atoms with van der Waals surface area (Å²) in [5.41, 5.74) is 4.28. The number of nitrogens with zero attached hydrogens (tertiary/aromatic N) is 3. The maximum atomic E-state index is 12.3. The van der Waals surface area contributed by atoms with Gasteiger partial charge in [-0.15, -0.1) is 11.3 Å². The van der Waals surface area contributed by atoms with Crippen molar-refractivity contribution in [3.63, 3.8) is 0 Å². The first-order chi connectivity index (χ1) is 12.6. The summed E-state index contributed by atoms with van der Waals surface area (Å²) >= 11 is 1.70. The molecule has 0 spiro atoms. The number of urea groups is 1. The topological polar surface area (TPSA) is 48.5 Å². The molecule has 1 aromatic heterocycles. The number of aryl methyl sites for hydroxylation is 2. The van der Waals surface area contributed by atoms with E-state index in [2.05, 4.69) is 39.5 Å². The van der Waals surface area contributed by atoms with Gasteiger partial charge in [0, 0.05) is 43.8 Å². The van der Waals surface area contributed by atoms with Crippen molar-refractivity contribution in [2.24, 2.45) is 5.92 Å². The lowest BCUT2D eigenvalue weighted by atomic mass is 10.1. The van der Waals surface area contributed by atoms with Gasteiger partial charge in [0.25, 0.3) is 0 Å². The van der Waals surface area contributed by atoms with Crippen molar-refractivity contribution in [3.05, 3.63) is 46.4 Å². The van der Waals surface area contributed by atoms with Gasteiger partial charge in [-0.25, -0.2) is 9.78 Å². The Hall–Kier alpha value is -2.08. The second kappa shape index (κ2) is 9.03. The predicted molar refractivity (Wildman–Crippen MR) is 108 cm³/mol. The van der Waals surface area contributed by atoms with Gasteiger partial charge in [-0.3, -0.25) is 0 Å². The minimum Gasteiger partial charge on any atom is -0.371 e. The molecule has 0 unspecified atom stereocenters. The third-order valence-electron chi connectivity index (χ3n) is 4.99. The molecule has 2 amide bonds. The molecule has 3 rings (SSSR count). The van der Waals surface area contributed by atoms with Gasteiger partial charge < -0.3 is 15.1 Å². The number of hydrogen-bond donors (Lipinski definition) is 1. The number of carbonyl (C=O) groups is 1. The summed E-state index contributed by atoms with van der Waals surface area (Å²) in [6.07, 6.45) is 3.07. The van der Waals surface area contributed by atoms with Crippen LogP contribution >= 0.6 is 11.3 Å².